The molecule has 0 heterocycles. The summed E-state index contributed by atoms with van der Waals surface area (Å²) in [5, 5.41) is 4.32. The van der Waals surface area contributed by atoms with Crippen molar-refractivity contribution in [3.05, 3.63) is 0 Å². The van der Waals surface area contributed by atoms with Crippen LogP contribution in [0.25, 0.3) is 0 Å². The Labute approximate surface area is 87.9 Å². The SMILES string of the molecule is NSS(=O)(=O)[O-].[K+]. The second-order valence-electron chi connectivity index (χ2n) is 0.504. The van der Waals surface area contributed by atoms with Gasteiger partial charge in [-0.1, -0.05) is 0 Å². The number of hydrogen-bond acceptors (Lipinski definition) is 5. The van der Waals surface area contributed by atoms with E-state index in [1.54, 1.807) is 0 Å². The van der Waals surface area contributed by atoms with Gasteiger partial charge in [0.2, 0.25) is 0 Å². The zero-order valence-electron chi connectivity index (χ0n) is 3.62. The Kier molecular flexibility index (Phi) is 7.82. The molecule has 0 aliphatic rings. The fraction of sp³-hybridized carbons (Fsp3) is 0. The second-order valence-corrected chi connectivity index (χ2v) is 3.32. The van der Waals surface area contributed by atoms with Gasteiger partial charge >= 0.3 is 51.4 Å². The first-order valence-electron chi connectivity index (χ1n) is 0.902. The molecule has 2 N–H and O–H groups in total. The van der Waals surface area contributed by atoms with Gasteiger partial charge in [-0.25, -0.2) is 8.42 Å². The van der Waals surface area contributed by atoms with Crippen LogP contribution in [0.15, 0.2) is 0 Å². The van der Waals surface area contributed by atoms with E-state index in [2.05, 4.69) is 5.14 Å². The van der Waals surface area contributed by atoms with E-state index in [-0.39, 0.29) is 62.4 Å². The summed E-state index contributed by atoms with van der Waals surface area (Å²) < 4.78 is 27.8. The zero-order valence-corrected chi connectivity index (χ0v) is 8.37. The maximum atomic E-state index is 9.28. The van der Waals surface area contributed by atoms with E-state index in [4.69, 9.17) is 0 Å². The van der Waals surface area contributed by atoms with E-state index < -0.39 is 9.15 Å². The molecule has 0 amide bonds. The van der Waals surface area contributed by atoms with Crippen LogP contribution in [-0.4, -0.2) is 13.0 Å². The Morgan fingerprint density at radius 2 is 1.71 bits per heavy atom. The zero-order chi connectivity index (χ0) is 5.21. The van der Waals surface area contributed by atoms with E-state index in [1.807, 2.05) is 0 Å². The molecule has 0 fully saturated rings. The minimum Gasteiger partial charge on any atom is -0.738 e. The Balaban J connectivity index is 0. The second kappa shape index (κ2) is 4.71. The van der Waals surface area contributed by atoms with Crippen molar-refractivity contribution in [3.8, 4) is 0 Å². The van der Waals surface area contributed by atoms with E-state index >= 15 is 0 Å². The van der Waals surface area contributed by atoms with E-state index in [1.165, 1.54) is 0 Å². The summed E-state index contributed by atoms with van der Waals surface area (Å²) in [4.78, 5) is 0. The van der Waals surface area contributed by atoms with Crippen molar-refractivity contribution in [2.24, 2.45) is 5.14 Å². The molecular weight excluding hydrogens is 165 g/mol. The van der Waals surface area contributed by atoms with Gasteiger partial charge in [-0.3, -0.25) is 5.14 Å². The van der Waals surface area contributed by atoms with Gasteiger partial charge in [0.05, 0.1) is 0 Å². The molecule has 0 radical (unpaired) electrons. The van der Waals surface area contributed by atoms with Crippen LogP contribution >= 0.6 is 11.0 Å². The molecule has 0 aromatic heterocycles. The van der Waals surface area contributed by atoms with Crippen molar-refractivity contribution in [3.63, 3.8) is 0 Å². The van der Waals surface area contributed by atoms with Crippen LogP contribution in [0.3, 0.4) is 0 Å². The van der Waals surface area contributed by atoms with Gasteiger partial charge in [-0.05, 0) is 0 Å². The van der Waals surface area contributed by atoms with Gasteiger partial charge in [0.1, 0.15) is 0 Å². The third-order valence-electron chi connectivity index (χ3n) is 0.118. The molecule has 0 aliphatic carbocycles. The first kappa shape index (κ1) is 11.6. The molecular formula is H2KNO3S2. The van der Waals surface area contributed by atoms with E-state index in [9.17, 15) is 13.0 Å². The van der Waals surface area contributed by atoms with Crippen molar-refractivity contribution in [2.75, 3.05) is 0 Å². The smallest absolute Gasteiger partial charge is 0.738 e. The molecule has 0 saturated carbocycles. The third-order valence-corrected chi connectivity index (χ3v) is 1.06. The van der Waals surface area contributed by atoms with Crippen LogP contribution in [0.5, 0.6) is 0 Å². The van der Waals surface area contributed by atoms with Crippen molar-refractivity contribution >= 4 is 20.1 Å². The van der Waals surface area contributed by atoms with Gasteiger partial charge in [0.25, 0.3) is 0 Å². The molecule has 0 aromatic rings. The van der Waals surface area contributed by atoms with Gasteiger partial charge in [-0.15, -0.1) is 0 Å². The summed E-state index contributed by atoms with van der Waals surface area (Å²) in [5.74, 6) is 0. The molecule has 38 valence electrons. The third kappa shape index (κ3) is 11.4. The monoisotopic (exact) mass is 167 g/mol. The summed E-state index contributed by atoms with van der Waals surface area (Å²) in [5.41, 5.74) is 0. The largest absolute Gasteiger partial charge is 1.00 e. The Bertz CT molecular complexity index is 115. The molecule has 0 rings (SSSR count). The average Bonchev–Trinajstić information content (AvgIpc) is 1.35. The van der Waals surface area contributed by atoms with Crippen molar-refractivity contribution in [1.82, 2.24) is 0 Å². The first-order chi connectivity index (χ1) is 2.56. The predicted octanol–water partition coefficient (Wildman–Crippen LogP) is -3.94. The fourth-order valence-electron chi connectivity index (χ4n) is 0. The fourth-order valence-corrected chi connectivity index (χ4v) is 0. The maximum Gasteiger partial charge on any atom is 1.00 e. The molecule has 0 aliphatic heterocycles. The normalized spacial score (nSPS) is 10.0. The topological polar surface area (TPSA) is 83.2 Å². The average molecular weight is 167 g/mol. The summed E-state index contributed by atoms with van der Waals surface area (Å²) in [7, 11) is -4.42. The van der Waals surface area contributed by atoms with Gasteiger partial charge in [-0.2, -0.15) is 0 Å². The molecule has 0 aromatic carbocycles. The van der Waals surface area contributed by atoms with Crippen LogP contribution in [0.4, 0.5) is 0 Å². The Morgan fingerprint density at radius 3 is 1.71 bits per heavy atom. The van der Waals surface area contributed by atoms with Crippen molar-refractivity contribution in [2.45, 2.75) is 0 Å². The van der Waals surface area contributed by atoms with Gasteiger partial charge in [0.15, 0.2) is 9.15 Å². The summed E-state index contributed by atoms with van der Waals surface area (Å²) in [6.45, 7) is 0. The minimum absolute atomic E-state index is 0. The molecule has 4 nitrogen and oxygen atoms in total. The molecule has 0 atom stereocenters. The van der Waals surface area contributed by atoms with Crippen LogP contribution in [-0.2, 0) is 9.15 Å². The first-order valence-corrected chi connectivity index (χ1v) is 3.71. The van der Waals surface area contributed by atoms with Crippen molar-refractivity contribution < 1.29 is 64.4 Å². The molecule has 7 heteroatoms. The number of nitrogens with two attached hydrogens (primary N) is 1. The van der Waals surface area contributed by atoms with Crippen LogP contribution in [0.2, 0.25) is 0 Å². The molecule has 0 unspecified atom stereocenters. The van der Waals surface area contributed by atoms with Crippen LogP contribution < -0.4 is 56.5 Å². The predicted molar refractivity (Wildman–Crippen MR) is 21.5 cm³/mol. The van der Waals surface area contributed by atoms with Gasteiger partial charge < -0.3 is 4.55 Å². The minimum atomic E-state index is -4.22. The Hall–Kier alpha value is 1.86. The molecule has 7 heavy (non-hydrogen) atoms. The maximum absolute atomic E-state index is 9.28. The summed E-state index contributed by atoms with van der Waals surface area (Å²) >= 11 is 0. The van der Waals surface area contributed by atoms with E-state index in [0.717, 1.165) is 0 Å². The molecule has 0 saturated heterocycles. The van der Waals surface area contributed by atoms with Gasteiger partial charge in [0, 0.05) is 11.0 Å². The standard InChI is InChI=1S/K.H3NO3S2/c;1-5-6(2,3)4/h;1H2,(H,2,3,4)/q+1;/p-1. The molecule has 0 bridgehead atoms. The van der Waals surface area contributed by atoms with Crippen LogP contribution in [0, 0.1) is 0 Å². The van der Waals surface area contributed by atoms with Crippen molar-refractivity contribution in [1.29, 1.82) is 0 Å². The molecule has 0 spiro atoms. The summed E-state index contributed by atoms with van der Waals surface area (Å²) in [6.07, 6.45) is 0. The Morgan fingerprint density at radius 1 is 1.57 bits per heavy atom. The number of hydrogen-bond donors (Lipinski definition) is 1. The van der Waals surface area contributed by atoms with Crippen LogP contribution in [0.1, 0.15) is 0 Å². The number of rotatable bonds is 1. The quantitative estimate of drug-likeness (QED) is 0.186. The summed E-state index contributed by atoms with van der Waals surface area (Å²) in [6, 6.07) is 0. The van der Waals surface area contributed by atoms with E-state index in [0.29, 0.717) is 0 Å².